The van der Waals surface area contributed by atoms with Crippen molar-refractivity contribution < 1.29 is 4.79 Å². The fourth-order valence-electron chi connectivity index (χ4n) is 2.80. The Morgan fingerprint density at radius 3 is 2.71 bits per heavy atom. The van der Waals surface area contributed by atoms with Gasteiger partial charge in [0.25, 0.3) is 0 Å². The molecule has 0 aromatic heterocycles. The Morgan fingerprint density at radius 1 is 1.35 bits per heavy atom. The Labute approximate surface area is 104 Å². The van der Waals surface area contributed by atoms with E-state index < -0.39 is 0 Å². The van der Waals surface area contributed by atoms with Crippen molar-refractivity contribution >= 4 is 5.91 Å². The van der Waals surface area contributed by atoms with E-state index in [4.69, 9.17) is 0 Å². The van der Waals surface area contributed by atoms with Gasteiger partial charge in [-0.2, -0.15) is 0 Å². The lowest BCUT2D eigenvalue weighted by Gasteiger charge is -2.38. The van der Waals surface area contributed by atoms with E-state index in [9.17, 15) is 4.79 Å². The lowest BCUT2D eigenvalue weighted by molar-refractivity contribution is -0.135. The molecule has 0 bridgehead atoms. The van der Waals surface area contributed by atoms with Gasteiger partial charge in [0, 0.05) is 31.7 Å². The topological polar surface area (TPSA) is 35.6 Å². The van der Waals surface area contributed by atoms with Crippen molar-refractivity contribution in [3.05, 3.63) is 0 Å². The highest BCUT2D eigenvalue weighted by Crippen LogP contribution is 2.18. The van der Waals surface area contributed by atoms with Crippen LogP contribution in [0.5, 0.6) is 0 Å². The van der Waals surface area contributed by atoms with Crippen LogP contribution in [0.15, 0.2) is 0 Å². The number of hydrogen-bond acceptors (Lipinski definition) is 3. The summed E-state index contributed by atoms with van der Waals surface area (Å²) in [6.07, 6.45) is 3.29. The fraction of sp³-hybridized carbons (Fsp3) is 0.923. The van der Waals surface area contributed by atoms with Crippen LogP contribution in [0.4, 0.5) is 0 Å². The molecule has 98 valence electrons. The van der Waals surface area contributed by atoms with Crippen molar-refractivity contribution in [1.29, 1.82) is 0 Å². The van der Waals surface area contributed by atoms with Gasteiger partial charge in [-0.3, -0.25) is 4.79 Å². The predicted octanol–water partition coefficient (Wildman–Crippen LogP) is 0.680. The molecule has 2 aliphatic heterocycles. The number of amides is 1. The van der Waals surface area contributed by atoms with Crippen LogP contribution in [0.1, 0.15) is 33.1 Å². The maximum atomic E-state index is 12.4. The maximum Gasteiger partial charge on any atom is 0.239 e. The smallest absolute Gasteiger partial charge is 0.239 e. The molecular weight excluding hydrogens is 214 g/mol. The van der Waals surface area contributed by atoms with Crippen molar-refractivity contribution in [2.75, 3.05) is 26.7 Å². The van der Waals surface area contributed by atoms with Crippen LogP contribution in [-0.4, -0.2) is 60.5 Å². The first-order valence-electron chi connectivity index (χ1n) is 6.87. The third-order valence-electron chi connectivity index (χ3n) is 4.30. The Kier molecular flexibility index (Phi) is 4.05. The first-order chi connectivity index (χ1) is 8.11. The summed E-state index contributed by atoms with van der Waals surface area (Å²) < 4.78 is 0. The minimum absolute atomic E-state index is 0.0792. The Morgan fingerprint density at radius 2 is 2.12 bits per heavy atom. The molecule has 0 radical (unpaired) electrons. The SMILES string of the molecule is CC[C@H]1CC[C@@H](C(=O)N2CCN(C)[C@H](C)C2)N1. The number of carbonyl (C=O) groups is 1. The molecule has 2 saturated heterocycles. The van der Waals surface area contributed by atoms with E-state index >= 15 is 0 Å². The van der Waals surface area contributed by atoms with Gasteiger partial charge >= 0.3 is 0 Å². The molecule has 1 N–H and O–H groups in total. The number of piperazine rings is 1. The van der Waals surface area contributed by atoms with Gasteiger partial charge in [0.05, 0.1) is 6.04 Å². The summed E-state index contributed by atoms with van der Waals surface area (Å²) >= 11 is 0. The molecule has 2 heterocycles. The number of hydrogen-bond donors (Lipinski definition) is 1. The molecule has 0 spiro atoms. The molecule has 4 nitrogen and oxygen atoms in total. The zero-order valence-electron chi connectivity index (χ0n) is 11.3. The van der Waals surface area contributed by atoms with E-state index in [0.29, 0.717) is 18.0 Å². The molecule has 0 saturated carbocycles. The van der Waals surface area contributed by atoms with Crippen molar-refractivity contribution in [2.24, 2.45) is 0 Å². The molecule has 0 aliphatic carbocycles. The molecule has 2 rings (SSSR count). The molecule has 2 fully saturated rings. The predicted molar refractivity (Wildman–Crippen MR) is 68.9 cm³/mol. The number of carbonyl (C=O) groups excluding carboxylic acids is 1. The van der Waals surface area contributed by atoms with Gasteiger partial charge < -0.3 is 15.1 Å². The fourth-order valence-corrected chi connectivity index (χ4v) is 2.80. The van der Waals surface area contributed by atoms with Crippen LogP contribution in [0.2, 0.25) is 0 Å². The Hall–Kier alpha value is -0.610. The zero-order chi connectivity index (χ0) is 12.4. The van der Waals surface area contributed by atoms with E-state index in [-0.39, 0.29) is 6.04 Å². The highest BCUT2D eigenvalue weighted by molar-refractivity contribution is 5.82. The van der Waals surface area contributed by atoms with Gasteiger partial charge in [0.1, 0.15) is 0 Å². The van der Waals surface area contributed by atoms with Gasteiger partial charge in [-0.1, -0.05) is 6.92 Å². The van der Waals surface area contributed by atoms with Crippen LogP contribution >= 0.6 is 0 Å². The van der Waals surface area contributed by atoms with Crippen molar-refractivity contribution in [2.45, 2.75) is 51.2 Å². The summed E-state index contributed by atoms with van der Waals surface area (Å²) in [5.74, 6) is 0.320. The van der Waals surface area contributed by atoms with Gasteiger partial charge in [-0.25, -0.2) is 0 Å². The average molecular weight is 239 g/mol. The highest BCUT2D eigenvalue weighted by atomic mass is 16.2. The summed E-state index contributed by atoms with van der Waals surface area (Å²) in [4.78, 5) is 16.7. The second-order valence-electron chi connectivity index (χ2n) is 5.52. The Bertz CT molecular complexity index is 282. The third kappa shape index (κ3) is 2.80. The number of rotatable bonds is 2. The van der Waals surface area contributed by atoms with E-state index in [1.54, 1.807) is 0 Å². The summed E-state index contributed by atoms with van der Waals surface area (Å²) in [6.45, 7) is 7.13. The van der Waals surface area contributed by atoms with Crippen LogP contribution in [-0.2, 0) is 4.79 Å². The average Bonchev–Trinajstić information content (AvgIpc) is 2.80. The van der Waals surface area contributed by atoms with Crippen LogP contribution in [0, 0.1) is 0 Å². The van der Waals surface area contributed by atoms with Crippen LogP contribution in [0.25, 0.3) is 0 Å². The van der Waals surface area contributed by atoms with Crippen LogP contribution in [0.3, 0.4) is 0 Å². The van der Waals surface area contributed by atoms with Gasteiger partial charge in [-0.15, -0.1) is 0 Å². The highest BCUT2D eigenvalue weighted by Gasteiger charge is 2.33. The molecule has 4 heteroatoms. The Balaban J connectivity index is 1.88. The number of likely N-dealkylation sites (N-methyl/N-ethyl adjacent to an activating group) is 1. The second kappa shape index (κ2) is 5.36. The van der Waals surface area contributed by atoms with E-state index in [0.717, 1.165) is 38.9 Å². The van der Waals surface area contributed by atoms with E-state index in [1.165, 1.54) is 0 Å². The summed E-state index contributed by atoms with van der Waals surface area (Å²) in [5.41, 5.74) is 0. The number of nitrogens with one attached hydrogen (secondary N) is 1. The molecule has 1 amide bonds. The lowest BCUT2D eigenvalue weighted by atomic mass is 10.1. The first kappa shape index (κ1) is 12.8. The molecule has 0 aromatic rings. The summed E-state index contributed by atoms with van der Waals surface area (Å²) in [5, 5.41) is 3.46. The standard InChI is InChI=1S/C13H25N3O/c1-4-11-5-6-12(14-11)13(17)16-8-7-15(3)10(2)9-16/h10-12,14H,4-9H2,1-3H3/t10-,11+,12+/m1/s1. The van der Waals surface area contributed by atoms with E-state index in [1.807, 2.05) is 4.90 Å². The molecule has 2 aliphatic rings. The summed E-state index contributed by atoms with van der Waals surface area (Å²) in [7, 11) is 2.13. The van der Waals surface area contributed by atoms with E-state index in [2.05, 4.69) is 31.1 Å². The molecule has 0 aromatic carbocycles. The minimum atomic E-state index is 0.0792. The quantitative estimate of drug-likeness (QED) is 0.770. The van der Waals surface area contributed by atoms with Crippen molar-refractivity contribution in [1.82, 2.24) is 15.1 Å². The third-order valence-corrected chi connectivity index (χ3v) is 4.30. The van der Waals surface area contributed by atoms with Gasteiger partial charge in [0.2, 0.25) is 5.91 Å². The van der Waals surface area contributed by atoms with Gasteiger partial charge in [0.15, 0.2) is 0 Å². The summed E-state index contributed by atoms with van der Waals surface area (Å²) in [6, 6.07) is 1.11. The maximum absolute atomic E-state index is 12.4. The lowest BCUT2D eigenvalue weighted by Crippen LogP contribution is -2.55. The normalized spacial score (nSPS) is 35.2. The van der Waals surface area contributed by atoms with Crippen LogP contribution < -0.4 is 5.32 Å². The first-order valence-corrected chi connectivity index (χ1v) is 6.87. The zero-order valence-corrected chi connectivity index (χ0v) is 11.3. The van der Waals surface area contributed by atoms with Crippen molar-refractivity contribution in [3.8, 4) is 0 Å². The number of nitrogens with zero attached hydrogens (tertiary/aromatic N) is 2. The molecular formula is C13H25N3O. The van der Waals surface area contributed by atoms with Gasteiger partial charge in [-0.05, 0) is 33.2 Å². The molecule has 17 heavy (non-hydrogen) atoms. The second-order valence-corrected chi connectivity index (χ2v) is 5.52. The monoisotopic (exact) mass is 239 g/mol. The molecule has 0 unspecified atom stereocenters. The van der Waals surface area contributed by atoms with Crippen molar-refractivity contribution in [3.63, 3.8) is 0 Å². The minimum Gasteiger partial charge on any atom is -0.339 e. The molecule has 3 atom stereocenters. The largest absolute Gasteiger partial charge is 0.339 e.